The van der Waals surface area contributed by atoms with E-state index in [1.807, 2.05) is 36.9 Å². The third-order valence-corrected chi connectivity index (χ3v) is 2.44. The highest BCUT2D eigenvalue weighted by Gasteiger charge is 2.02. The Hall–Kier alpha value is -1.68. The number of imidazole rings is 1. The van der Waals surface area contributed by atoms with Crippen LogP contribution in [0.1, 0.15) is 18.3 Å². The summed E-state index contributed by atoms with van der Waals surface area (Å²) in [7, 11) is 0. The fourth-order valence-corrected chi connectivity index (χ4v) is 1.57. The molecule has 0 unspecified atom stereocenters. The molecular formula is C12H16N4. The fraction of sp³-hybridized carbons (Fsp3) is 0.333. The highest BCUT2D eigenvalue weighted by molar-refractivity contribution is 5.11. The predicted octanol–water partition coefficient (Wildman–Crippen LogP) is 1.44. The van der Waals surface area contributed by atoms with Crippen LogP contribution in [0.2, 0.25) is 0 Å². The number of nitrogens with zero attached hydrogens (tertiary/aromatic N) is 3. The maximum atomic E-state index is 4.33. The van der Waals surface area contributed by atoms with Crippen molar-refractivity contribution >= 4 is 0 Å². The molecule has 1 N–H and O–H groups in total. The molecule has 0 amide bonds. The van der Waals surface area contributed by atoms with E-state index >= 15 is 0 Å². The molecule has 0 bridgehead atoms. The third kappa shape index (κ3) is 2.67. The molecule has 0 aliphatic heterocycles. The van der Waals surface area contributed by atoms with E-state index in [2.05, 4.69) is 26.8 Å². The molecule has 2 aromatic heterocycles. The lowest BCUT2D eigenvalue weighted by molar-refractivity contribution is 0.639. The first-order chi connectivity index (χ1) is 7.90. The minimum Gasteiger partial charge on any atom is -0.329 e. The van der Waals surface area contributed by atoms with Crippen molar-refractivity contribution in [1.82, 2.24) is 19.9 Å². The van der Waals surface area contributed by atoms with E-state index in [4.69, 9.17) is 0 Å². The highest BCUT2D eigenvalue weighted by Crippen LogP contribution is 2.04. The van der Waals surface area contributed by atoms with Crippen molar-refractivity contribution in [3.8, 4) is 0 Å². The summed E-state index contributed by atoms with van der Waals surface area (Å²) in [4.78, 5) is 8.34. The molecule has 84 valence electrons. The van der Waals surface area contributed by atoms with Gasteiger partial charge in [0, 0.05) is 31.3 Å². The molecule has 2 aromatic rings. The van der Waals surface area contributed by atoms with Crippen molar-refractivity contribution in [2.24, 2.45) is 0 Å². The first-order valence-electron chi connectivity index (χ1n) is 5.49. The normalized spacial score (nSPS) is 10.6. The summed E-state index contributed by atoms with van der Waals surface area (Å²) in [6.07, 6.45) is 7.48. The van der Waals surface area contributed by atoms with Crippen LogP contribution in [0.15, 0.2) is 36.9 Å². The highest BCUT2D eigenvalue weighted by atomic mass is 15.1. The van der Waals surface area contributed by atoms with E-state index in [1.165, 1.54) is 5.56 Å². The fourth-order valence-electron chi connectivity index (χ4n) is 1.57. The van der Waals surface area contributed by atoms with E-state index in [9.17, 15) is 0 Å². The molecular weight excluding hydrogens is 200 g/mol. The summed E-state index contributed by atoms with van der Waals surface area (Å²) >= 11 is 0. The number of hydrogen-bond donors (Lipinski definition) is 1. The summed E-state index contributed by atoms with van der Waals surface area (Å²) in [5.74, 6) is 1.07. The molecule has 0 atom stereocenters. The molecule has 0 aliphatic carbocycles. The van der Waals surface area contributed by atoms with E-state index < -0.39 is 0 Å². The second-order valence-electron chi connectivity index (χ2n) is 3.61. The molecule has 0 aromatic carbocycles. The smallest absolute Gasteiger partial charge is 0.122 e. The average molecular weight is 216 g/mol. The van der Waals surface area contributed by atoms with E-state index in [-0.39, 0.29) is 0 Å². The van der Waals surface area contributed by atoms with Gasteiger partial charge in [0.2, 0.25) is 0 Å². The maximum Gasteiger partial charge on any atom is 0.122 e. The van der Waals surface area contributed by atoms with Gasteiger partial charge in [0.25, 0.3) is 0 Å². The van der Waals surface area contributed by atoms with Gasteiger partial charge in [-0.05, 0) is 24.2 Å². The molecule has 0 saturated carbocycles. The van der Waals surface area contributed by atoms with Crippen LogP contribution in [-0.4, -0.2) is 21.1 Å². The van der Waals surface area contributed by atoms with Crippen LogP contribution in [0.5, 0.6) is 0 Å². The number of rotatable bonds is 5. The summed E-state index contributed by atoms with van der Waals surface area (Å²) in [6.45, 7) is 4.72. The van der Waals surface area contributed by atoms with Gasteiger partial charge in [0.05, 0.1) is 6.54 Å². The minimum atomic E-state index is 0.814. The molecule has 2 rings (SSSR count). The van der Waals surface area contributed by atoms with Gasteiger partial charge in [-0.15, -0.1) is 0 Å². The number of nitrogens with one attached hydrogen (secondary N) is 1. The van der Waals surface area contributed by atoms with Gasteiger partial charge in [-0.25, -0.2) is 4.98 Å². The van der Waals surface area contributed by atoms with Crippen molar-refractivity contribution in [2.75, 3.05) is 6.54 Å². The molecule has 16 heavy (non-hydrogen) atoms. The van der Waals surface area contributed by atoms with Gasteiger partial charge < -0.3 is 9.88 Å². The summed E-state index contributed by atoms with van der Waals surface area (Å²) in [6, 6.07) is 4.05. The number of hydrogen-bond acceptors (Lipinski definition) is 3. The lowest BCUT2D eigenvalue weighted by atomic mass is 10.3. The van der Waals surface area contributed by atoms with Crippen LogP contribution < -0.4 is 5.32 Å². The molecule has 2 heterocycles. The van der Waals surface area contributed by atoms with Crippen LogP contribution in [0.4, 0.5) is 0 Å². The second-order valence-corrected chi connectivity index (χ2v) is 3.61. The zero-order valence-electron chi connectivity index (χ0n) is 9.43. The maximum absolute atomic E-state index is 4.33. The van der Waals surface area contributed by atoms with Crippen LogP contribution in [-0.2, 0) is 13.1 Å². The largest absolute Gasteiger partial charge is 0.329 e. The van der Waals surface area contributed by atoms with Crippen molar-refractivity contribution in [1.29, 1.82) is 0 Å². The summed E-state index contributed by atoms with van der Waals surface area (Å²) < 4.78 is 2.15. The van der Waals surface area contributed by atoms with E-state index in [0.29, 0.717) is 0 Å². The van der Waals surface area contributed by atoms with Gasteiger partial charge in [0.15, 0.2) is 0 Å². The first-order valence-corrected chi connectivity index (χ1v) is 5.49. The molecule has 0 fully saturated rings. The van der Waals surface area contributed by atoms with Crippen molar-refractivity contribution in [2.45, 2.75) is 20.0 Å². The van der Waals surface area contributed by atoms with Crippen molar-refractivity contribution in [3.63, 3.8) is 0 Å². The minimum absolute atomic E-state index is 0.814. The van der Waals surface area contributed by atoms with Gasteiger partial charge in [-0.3, -0.25) is 4.98 Å². The Morgan fingerprint density at radius 2 is 2.06 bits per heavy atom. The summed E-state index contributed by atoms with van der Waals surface area (Å²) in [5.41, 5.74) is 1.24. The Balaban J connectivity index is 2.07. The van der Waals surface area contributed by atoms with Crippen LogP contribution in [0, 0.1) is 0 Å². The second kappa shape index (κ2) is 5.42. The van der Waals surface area contributed by atoms with Crippen molar-refractivity contribution < 1.29 is 0 Å². The summed E-state index contributed by atoms with van der Waals surface area (Å²) in [5, 5.41) is 3.28. The number of pyridine rings is 1. The Bertz CT molecular complexity index is 422. The van der Waals surface area contributed by atoms with Crippen LogP contribution in [0.3, 0.4) is 0 Å². The standard InChI is InChI=1S/C12H16N4/c1-2-13-9-12-15-7-8-16(12)10-11-3-5-14-6-4-11/h3-8,13H,2,9-10H2,1H3. The lowest BCUT2D eigenvalue weighted by Gasteiger charge is -2.07. The predicted molar refractivity (Wildman–Crippen MR) is 62.9 cm³/mol. The lowest BCUT2D eigenvalue weighted by Crippen LogP contribution is -2.16. The molecule has 4 nitrogen and oxygen atoms in total. The Morgan fingerprint density at radius 3 is 2.81 bits per heavy atom. The average Bonchev–Trinajstić information content (AvgIpc) is 2.75. The van der Waals surface area contributed by atoms with E-state index in [0.717, 1.165) is 25.5 Å². The SMILES string of the molecule is CCNCc1nccn1Cc1ccncc1. The number of aromatic nitrogens is 3. The molecule has 0 radical (unpaired) electrons. The quantitative estimate of drug-likeness (QED) is 0.822. The third-order valence-electron chi connectivity index (χ3n) is 2.44. The Kier molecular flexibility index (Phi) is 3.66. The van der Waals surface area contributed by atoms with Gasteiger partial charge >= 0.3 is 0 Å². The Morgan fingerprint density at radius 1 is 1.25 bits per heavy atom. The van der Waals surface area contributed by atoms with Gasteiger partial charge in [0.1, 0.15) is 5.82 Å². The molecule has 0 aliphatic rings. The molecule has 4 heteroatoms. The first kappa shape index (κ1) is 10.8. The zero-order valence-corrected chi connectivity index (χ0v) is 9.43. The van der Waals surface area contributed by atoms with E-state index in [1.54, 1.807) is 0 Å². The van der Waals surface area contributed by atoms with Crippen LogP contribution in [0.25, 0.3) is 0 Å². The van der Waals surface area contributed by atoms with Crippen molar-refractivity contribution in [3.05, 3.63) is 48.3 Å². The van der Waals surface area contributed by atoms with Gasteiger partial charge in [-0.1, -0.05) is 6.92 Å². The topological polar surface area (TPSA) is 42.7 Å². The molecule has 0 saturated heterocycles. The monoisotopic (exact) mass is 216 g/mol. The zero-order chi connectivity index (χ0) is 11.2. The van der Waals surface area contributed by atoms with Gasteiger partial charge in [-0.2, -0.15) is 0 Å². The molecule has 0 spiro atoms. The Labute approximate surface area is 95.4 Å². The van der Waals surface area contributed by atoms with Crippen LogP contribution >= 0.6 is 0 Å².